The Morgan fingerprint density at radius 1 is 1.10 bits per heavy atom. The Bertz CT molecular complexity index is 1170. The van der Waals surface area contributed by atoms with Crippen LogP contribution >= 0.6 is 0 Å². The first-order chi connectivity index (χ1) is 14.9. The van der Waals surface area contributed by atoms with Crippen LogP contribution in [0.25, 0.3) is 0 Å². The second-order valence-electron chi connectivity index (χ2n) is 7.86. The van der Waals surface area contributed by atoms with Crippen LogP contribution in [0.4, 0.5) is 17.6 Å². The first-order valence-electron chi connectivity index (χ1n) is 9.95. The van der Waals surface area contributed by atoms with Crippen LogP contribution in [0, 0.1) is 11.6 Å². The van der Waals surface area contributed by atoms with Crippen LogP contribution < -0.4 is 10.4 Å². The standard InChI is InChI=1S/C21H18F4N4O2/c22-13-5-12(6-14(23)8-13)17-1-2-18-27-29(21(30)28(17)18)15-9-16(10-15)31-19-7-11(20(24)25)3-4-26-19/h3-8,15-17,20H,1-2,9-10H2/t15-,16-,17-/m0/s1. The van der Waals surface area contributed by atoms with E-state index in [0.29, 0.717) is 37.1 Å². The van der Waals surface area contributed by atoms with Gasteiger partial charge in [0.1, 0.15) is 23.6 Å². The molecule has 6 nitrogen and oxygen atoms in total. The SMILES string of the molecule is O=c1n2c(nn1[C@H]1C[C@H](Oc3cc(C(F)F)ccn3)C1)CC[C@H]2c1cc(F)cc(F)c1. The van der Waals surface area contributed by atoms with Crippen molar-refractivity contribution in [2.75, 3.05) is 0 Å². The molecule has 0 unspecified atom stereocenters. The molecular weight excluding hydrogens is 416 g/mol. The smallest absolute Gasteiger partial charge is 0.346 e. The maximum atomic E-state index is 13.6. The second-order valence-corrected chi connectivity index (χ2v) is 7.86. The highest BCUT2D eigenvalue weighted by Gasteiger charge is 2.38. The van der Waals surface area contributed by atoms with E-state index in [4.69, 9.17) is 4.74 Å². The van der Waals surface area contributed by atoms with Crippen molar-refractivity contribution < 1.29 is 22.3 Å². The van der Waals surface area contributed by atoms with Gasteiger partial charge in [0, 0.05) is 43.2 Å². The lowest BCUT2D eigenvalue weighted by atomic mass is 9.89. The van der Waals surface area contributed by atoms with Crippen LogP contribution in [-0.2, 0) is 6.42 Å². The molecular formula is C21H18F4N4O2. The van der Waals surface area contributed by atoms with Gasteiger partial charge in [-0.3, -0.25) is 4.57 Å². The lowest BCUT2D eigenvalue weighted by molar-refractivity contribution is 0.0579. The summed E-state index contributed by atoms with van der Waals surface area (Å²) >= 11 is 0. The molecule has 5 rings (SSSR count). The molecule has 0 N–H and O–H groups in total. The summed E-state index contributed by atoms with van der Waals surface area (Å²) in [7, 11) is 0. The summed E-state index contributed by atoms with van der Waals surface area (Å²) in [6.07, 6.45) is 0.443. The number of pyridine rings is 1. The molecule has 1 saturated carbocycles. The first kappa shape index (κ1) is 19.8. The average Bonchev–Trinajstić information content (AvgIpc) is 3.24. The van der Waals surface area contributed by atoms with E-state index < -0.39 is 24.1 Å². The molecule has 2 aliphatic rings. The maximum absolute atomic E-state index is 13.6. The molecule has 0 spiro atoms. The van der Waals surface area contributed by atoms with Gasteiger partial charge < -0.3 is 4.74 Å². The van der Waals surface area contributed by atoms with E-state index in [0.717, 1.165) is 6.07 Å². The van der Waals surface area contributed by atoms with E-state index in [-0.39, 0.29) is 29.3 Å². The zero-order valence-electron chi connectivity index (χ0n) is 16.2. The van der Waals surface area contributed by atoms with Gasteiger partial charge >= 0.3 is 5.69 Å². The van der Waals surface area contributed by atoms with Crippen LogP contribution in [0.15, 0.2) is 41.3 Å². The van der Waals surface area contributed by atoms with Crippen molar-refractivity contribution in [3.05, 3.63) is 75.6 Å². The molecule has 0 bridgehead atoms. The number of ether oxygens (including phenoxy) is 1. The van der Waals surface area contributed by atoms with Crippen LogP contribution in [-0.4, -0.2) is 25.4 Å². The molecule has 162 valence electrons. The van der Waals surface area contributed by atoms with Gasteiger partial charge in [0.05, 0.1) is 12.1 Å². The van der Waals surface area contributed by atoms with Gasteiger partial charge in [-0.15, -0.1) is 0 Å². The number of hydrogen-bond acceptors (Lipinski definition) is 4. The fraction of sp³-hybridized carbons (Fsp3) is 0.381. The Balaban J connectivity index is 1.31. The van der Waals surface area contributed by atoms with E-state index >= 15 is 0 Å². The van der Waals surface area contributed by atoms with Crippen molar-refractivity contribution >= 4 is 0 Å². The fourth-order valence-electron chi connectivity index (χ4n) is 4.27. The predicted molar refractivity (Wildman–Crippen MR) is 101 cm³/mol. The van der Waals surface area contributed by atoms with E-state index in [2.05, 4.69) is 10.1 Å². The number of nitrogens with zero attached hydrogens (tertiary/aromatic N) is 4. The Morgan fingerprint density at radius 2 is 1.84 bits per heavy atom. The van der Waals surface area contributed by atoms with Crippen molar-refractivity contribution in [3.63, 3.8) is 0 Å². The number of alkyl halides is 2. The Kier molecular flexibility index (Phi) is 4.79. The number of halogens is 4. The van der Waals surface area contributed by atoms with Gasteiger partial charge in [-0.1, -0.05) is 0 Å². The summed E-state index contributed by atoms with van der Waals surface area (Å²) < 4.78 is 61.4. The average molecular weight is 434 g/mol. The van der Waals surface area contributed by atoms with Crippen LogP contribution in [0.5, 0.6) is 5.88 Å². The van der Waals surface area contributed by atoms with Crippen molar-refractivity contribution in [3.8, 4) is 5.88 Å². The molecule has 3 heterocycles. The van der Waals surface area contributed by atoms with Crippen molar-refractivity contribution in [1.29, 1.82) is 0 Å². The third-order valence-electron chi connectivity index (χ3n) is 5.84. The monoisotopic (exact) mass is 434 g/mol. The van der Waals surface area contributed by atoms with Gasteiger partial charge in [0.2, 0.25) is 5.88 Å². The molecule has 3 aromatic rings. The van der Waals surface area contributed by atoms with Gasteiger partial charge in [-0.25, -0.2) is 32.0 Å². The quantitative estimate of drug-likeness (QED) is 0.570. The number of aromatic nitrogens is 4. The van der Waals surface area contributed by atoms with E-state index in [1.54, 1.807) is 0 Å². The van der Waals surface area contributed by atoms with Gasteiger partial charge in [-0.05, 0) is 30.2 Å². The number of aryl methyl sites for hydroxylation is 1. The lowest BCUT2D eigenvalue weighted by Crippen LogP contribution is -2.41. The minimum absolute atomic E-state index is 0.120. The predicted octanol–water partition coefficient (Wildman–Crippen LogP) is 3.97. The molecule has 1 aliphatic heterocycles. The van der Waals surface area contributed by atoms with Gasteiger partial charge in [-0.2, -0.15) is 5.10 Å². The Hall–Kier alpha value is -3.17. The zero-order valence-corrected chi connectivity index (χ0v) is 16.2. The van der Waals surface area contributed by atoms with Gasteiger partial charge in [0.15, 0.2) is 0 Å². The fourth-order valence-corrected chi connectivity index (χ4v) is 4.27. The molecule has 31 heavy (non-hydrogen) atoms. The molecule has 0 saturated heterocycles. The van der Waals surface area contributed by atoms with Crippen LogP contribution in [0.2, 0.25) is 0 Å². The summed E-state index contributed by atoms with van der Waals surface area (Å²) in [5, 5.41) is 4.42. The maximum Gasteiger partial charge on any atom is 0.346 e. The Labute approximate surface area is 174 Å². The number of benzene rings is 1. The highest BCUT2D eigenvalue weighted by atomic mass is 19.3. The molecule has 10 heteroatoms. The van der Waals surface area contributed by atoms with Crippen molar-refractivity contribution in [1.82, 2.24) is 19.3 Å². The molecule has 1 aliphatic carbocycles. The minimum atomic E-state index is -2.61. The van der Waals surface area contributed by atoms with E-state index in [9.17, 15) is 22.4 Å². The number of fused-ring (bicyclic) bond motifs is 1. The third kappa shape index (κ3) is 3.60. The van der Waals surface area contributed by atoms with Crippen LogP contribution in [0.3, 0.4) is 0 Å². The summed E-state index contributed by atoms with van der Waals surface area (Å²) in [6.45, 7) is 0. The molecule has 1 aromatic carbocycles. The molecule has 0 radical (unpaired) electrons. The normalized spacial score (nSPS) is 22.4. The minimum Gasteiger partial charge on any atom is -0.474 e. The van der Waals surface area contributed by atoms with Crippen molar-refractivity contribution in [2.45, 2.75) is 50.3 Å². The van der Waals surface area contributed by atoms with Crippen molar-refractivity contribution in [2.24, 2.45) is 0 Å². The molecule has 1 atom stereocenters. The summed E-state index contributed by atoms with van der Waals surface area (Å²) in [4.78, 5) is 16.9. The number of rotatable bonds is 5. The van der Waals surface area contributed by atoms with E-state index in [1.807, 2.05) is 0 Å². The first-order valence-corrected chi connectivity index (χ1v) is 9.95. The Morgan fingerprint density at radius 3 is 2.55 bits per heavy atom. The number of hydrogen-bond donors (Lipinski definition) is 0. The van der Waals surface area contributed by atoms with Gasteiger partial charge in [0.25, 0.3) is 6.43 Å². The second kappa shape index (κ2) is 7.51. The summed E-state index contributed by atoms with van der Waals surface area (Å²) in [5.41, 5.74) is -0.0939. The highest BCUT2D eigenvalue weighted by Crippen LogP contribution is 2.36. The van der Waals surface area contributed by atoms with Crippen LogP contribution in [0.1, 0.15) is 54.7 Å². The molecule has 1 fully saturated rings. The zero-order chi connectivity index (χ0) is 21.7. The summed E-state index contributed by atoms with van der Waals surface area (Å²) in [5.74, 6) is -0.677. The third-order valence-corrected chi connectivity index (χ3v) is 5.84. The van der Waals surface area contributed by atoms with E-state index in [1.165, 1.54) is 39.7 Å². The lowest BCUT2D eigenvalue weighted by Gasteiger charge is -2.34. The topological polar surface area (TPSA) is 61.9 Å². The molecule has 2 aromatic heterocycles. The highest BCUT2D eigenvalue weighted by molar-refractivity contribution is 5.25. The largest absolute Gasteiger partial charge is 0.474 e. The summed E-state index contributed by atoms with van der Waals surface area (Å²) in [6, 6.07) is 5.05. The molecule has 0 amide bonds.